The van der Waals surface area contributed by atoms with Crippen molar-refractivity contribution in [2.75, 3.05) is 31.1 Å². The van der Waals surface area contributed by atoms with E-state index < -0.39 is 0 Å². The largest absolute Gasteiger partial charge is 0.353 e. The van der Waals surface area contributed by atoms with Gasteiger partial charge in [-0.25, -0.2) is 9.97 Å². The van der Waals surface area contributed by atoms with Crippen molar-refractivity contribution in [2.45, 2.75) is 19.4 Å². The molecule has 0 spiro atoms. The van der Waals surface area contributed by atoms with Crippen LogP contribution in [0.5, 0.6) is 0 Å². The maximum Gasteiger partial charge on any atom is 0.222 e. The van der Waals surface area contributed by atoms with E-state index in [1.54, 1.807) is 29.3 Å². The zero-order chi connectivity index (χ0) is 16.8. The molecular weight excluding hydrogens is 306 g/mol. The molecule has 0 saturated carbocycles. The minimum atomic E-state index is 0.175. The van der Waals surface area contributed by atoms with Gasteiger partial charge in [-0.2, -0.15) is 10.4 Å². The number of carbonyl (C=O) groups excluding carboxylic acids is 1. The quantitative estimate of drug-likeness (QED) is 0.802. The molecule has 0 aliphatic carbocycles. The van der Waals surface area contributed by atoms with Crippen molar-refractivity contribution in [2.24, 2.45) is 0 Å². The van der Waals surface area contributed by atoms with Crippen LogP contribution in [0.25, 0.3) is 0 Å². The lowest BCUT2D eigenvalue weighted by Gasteiger charge is -2.35. The lowest BCUT2D eigenvalue weighted by atomic mass is 10.2. The average Bonchev–Trinajstić information content (AvgIpc) is 3.15. The van der Waals surface area contributed by atoms with Gasteiger partial charge in [-0.15, -0.1) is 0 Å². The molecule has 124 valence electrons. The van der Waals surface area contributed by atoms with E-state index >= 15 is 0 Å². The van der Waals surface area contributed by atoms with Gasteiger partial charge in [0, 0.05) is 45.3 Å². The smallest absolute Gasteiger partial charge is 0.222 e. The Kier molecular flexibility index (Phi) is 5.01. The van der Waals surface area contributed by atoms with Gasteiger partial charge in [0.25, 0.3) is 0 Å². The molecule has 0 bridgehead atoms. The number of amides is 1. The summed E-state index contributed by atoms with van der Waals surface area (Å²) >= 11 is 0. The second kappa shape index (κ2) is 7.55. The van der Waals surface area contributed by atoms with E-state index in [2.05, 4.69) is 26.0 Å². The number of nitrogens with zero attached hydrogens (tertiary/aromatic N) is 7. The molecule has 2 aromatic heterocycles. The maximum atomic E-state index is 12.3. The SMILES string of the molecule is N#Cc1ccnc(N2CCN(C(=O)CCCn3cncn3)CC2)c1. The molecule has 3 rings (SSSR count). The van der Waals surface area contributed by atoms with E-state index in [-0.39, 0.29) is 5.91 Å². The molecule has 1 aliphatic heterocycles. The van der Waals surface area contributed by atoms with E-state index in [9.17, 15) is 4.79 Å². The van der Waals surface area contributed by atoms with Crippen LogP contribution in [-0.2, 0) is 11.3 Å². The van der Waals surface area contributed by atoms with Gasteiger partial charge in [-0.3, -0.25) is 9.48 Å². The number of piperazine rings is 1. The summed E-state index contributed by atoms with van der Waals surface area (Å²) in [5.74, 6) is 0.973. The van der Waals surface area contributed by atoms with Crippen LogP contribution in [0.1, 0.15) is 18.4 Å². The second-order valence-electron chi connectivity index (χ2n) is 5.64. The first kappa shape index (κ1) is 15.9. The van der Waals surface area contributed by atoms with Gasteiger partial charge >= 0.3 is 0 Å². The summed E-state index contributed by atoms with van der Waals surface area (Å²) in [6, 6.07) is 5.61. The third kappa shape index (κ3) is 3.87. The molecule has 1 aliphatic rings. The van der Waals surface area contributed by atoms with Gasteiger partial charge < -0.3 is 9.80 Å². The summed E-state index contributed by atoms with van der Waals surface area (Å²) in [7, 11) is 0. The summed E-state index contributed by atoms with van der Waals surface area (Å²) in [5, 5.41) is 13.0. The highest BCUT2D eigenvalue weighted by molar-refractivity contribution is 5.76. The zero-order valence-electron chi connectivity index (χ0n) is 13.4. The predicted octanol–water partition coefficient (Wildman–Crippen LogP) is 0.674. The van der Waals surface area contributed by atoms with Crippen molar-refractivity contribution < 1.29 is 4.79 Å². The third-order valence-corrected chi connectivity index (χ3v) is 4.08. The van der Waals surface area contributed by atoms with Crippen molar-refractivity contribution in [1.29, 1.82) is 5.26 Å². The lowest BCUT2D eigenvalue weighted by Crippen LogP contribution is -2.49. The standard InChI is InChI=1S/C16H19N7O/c17-11-14-3-4-19-15(10-14)21-6-8-22(9-7-21)16(24)2-1-5-23-13-18-12-20-23/h3-4,10,12-13H,1-2,5-9H2. The van der Waals surface area contributed by atoms with Crippen LogP contribution in [0.2, 0.25) is 0 Å². The fourth-order valence-electron chi connectivity index (χ4n) is 2.74. The number of hydrogen-bond acceptors (Lipinski definition) is 6. The van der Waals surface area contributed by atoms with E-state index in [1.807, 2.05) is 4.90 Å². The molecule has 8 heteroatoms. The molecule has 0 radical (unpaired) electrons. The third-order valence-electron chi connectivity index (χ3n) is 4.08. The molecule has 8 nitrogen and oxygen atoms in total. The van der Waals surface area contributed by atoms with Crippen molar-refractivity contribution >= 4 is 11.7 Å². The van der Waals surface area contributed by atoms with Gasteiger partial charge in [0.1, 0.15) is 18.5 Å². The Morgan fingerprint density at radius 1 is 1.29 bits per heavy atom. The van der Waals surface area contributed by atoms with Gasteiger partial charge in [-0.1, -0.05) is 0 Å². The molecule has 2 aromatic rings. The highest BCUT2D eigenvalue weighted by Crippen LogP contribution is 2.15. The Labute approximate surface area is 140 Å². The normalized spacial score (nSPS) is 14.5. The van der Waals surface area contributed by atoms with E-state index in [1.165, 1.54) is 6.33 Å². The minimum absolute atomic E-state index is 0.175. The first-order chi connectivity index (χ1) is 11.8. The molecule has 3 heterocycles. The Morgan fingerprint density at radius 2 is 2.12 bits per heavy atom. The van der Waals surface area contributed by atoms with Gasteiger partial charge in [0.2, 0.25) is 5.91 Å². The van der Waals surface area contributed by atoms with Crippen LogP contribution < -0.4 is 4.90 Å². The molecule has 0 unspecified atom stereocenters. The molecule has 1 amide bonds. The minimum Gasteiger partial charge on any atom is -0.353 e. The van der Waals surface area contributed by atoms with Crippen LogP contribution in [0.4, 0.5) is 5.82 Å². The number of nitriles is 1. The monoisotopic (exact) mass is 325 g/mol. The van der Waals surface area contributed by atoms with E-state index in [0.29, 0.717) is 31.6 Å². The van der Waals surface area contributed by atoms with Crippen LogP contribution in [0.15, 0.2) is 31.0 Å². The number of aromatic nitrogens is 4. The first-order valence-electron chi connectivity index (χ1n) is 7.97. The maximum absolute atomic E-state index is 12.3. The summed E-state index contributed by atoms with van der Waals surface area (Å²) in [4.78, 5) is 24.5. The Hall–Kier alpha value is -2.95. The van der Waals surface area contributed by atoms with Crippen molar-refractivity contribution in [3.05, 3.63) is 36.5 Å². The highest BCUT2D eigenvalue weighted by Gasteiger charge is 2.21. The molecule has 1 fully saturated rings. The molecule has 0 aromatic carbocycles. The number of aryl methyl sites for hydroxylation is 1. The van der Waals surface area contributed by atoms with E-state index in [0.717, 1.165) is 25.3 Å². The number of hydrogen-bond donors (Lipinski definition) is 0. The van der Waals surface area contributed by atoms with Crippen molar-refractivity contribution in [1.82, 2.24) is 24.6 Å². The van der Waals surface area contributed by atoms with Crippen molar-refractivity contribution in [3.8, 4) is 6.07 Å². The van der Waals surface area contributed by atoms with Crippen LogP contribution in [-0.4, -0.2) is 56.7 Å². The fourth-order valence-corrected chi connectivity index (χ4v) is 2.74. The van der Waals surface area contributed by atoms with Crippen LogP contribution in [0.3, 0.4) is 0 Å². The van der Waals surface area contributed by atoms with Gasteiger partial charge in [0.15, 0.2) is 0 Å². The number of rotatable bonds is 5. The van der Waals surface area contributed by atoms with Crippen LogP contribution >= 0.6 is 0 Å². The molecule has 24 heavy (non-hydrogen) atoms. The molecule has 0 N–H and O–H groups in total. The Morgan fingerprint density at radius 3 is 2.83 bits per heavy atom. The van der Waals surface area contributed by atoms with Crippen molar-refractivity contribution in [3.63, 3.8) is 0 Å². The second-order valence-corrected chi connectivity index (χ2v) is 5.64. The first-order valence-corrected chi connectivity index (χ1v) is 7.97. The fraction of sp³-hybridized carbons (Fsp3) is 0.438. The lowest BCUT2D eigenvalue weighted by molar-refractivity contribution is -0.131. The molecule has 1 saturated heterocycles. The summed E-state index contributed by atoms with van der Waals surface area (Å²) < 4.78 is 1.74. The zero-order valence-corrected chi connectivity index (χ0v) is 13.4. The Bertz CT molecular complexity index is 714. The van der Waals surface area contributed by atoms with Gasteiger partial charge in [-0.05, 0) is 18.6 Å². The van der Waals surface area contributed by atoms with Gasteiger partial charge in [0.05, 0.1) is 11.6 Å². The Balaban J connectivity index is 1.45. The number of carbonyl (C=O) groups is 1. The van der Waals surface area contributed by atoms with Crippen LogP contribution in [0, 0.1) is 11.3 Å². The molecule has 0 atom stereocenters. The number of pyridine rings is 1. The van der Waals surface area contributed by atoms with E-state index in [4.69, 9.17) is 5.26 Å². The summed E-state index contributed by atoms with van der Waals surface area (Å²) in [6.45, 7) is 3.53. The highest BCUT2D eigenvalue weighted by atomic mass is 16.2. The topological polar surface area (TPSA) is 90.9 Å². The average molecular weight is 325 g/mol. The molecular formula is C16H19N7O. The predicted molar refractivity (Wildman–Crippen MR) is 87.0 cm³/mol. The summed E-state index contributed by atoms with van der Waals surface area (Å²) in [6.07, 6.45) is 6.08. The summed E-state index contributed by atoms with van der Waals surface area (Å²) in [5.41, 5.74) is 0.603. The number of anilines is 1.